The van der Waals surface area contributed by atoms with E-state index in [1.54, 1.807) is 6.92 Å². The van der Waals surface area contributed by atoms with E-state index in [9.17, 15) is 4.79 Å². The minimum atomic E-state index is 0.00491. The Morgan fingerprint density at radius 2 is 2.12 bits per heavy atom. The zero-order valence-corrected chi connectivity index (χ0v) is 10.4. The average molecular weight is 217 g/mol. The number of benzene rings is 1. The van der Waals surface area contributed by atoms with Crippen molar-refractivity contribution >= 4 is 11.6 Å². The smallest absolute Gasteiger partial charge is 0.221 e. The Bertz CT molecular complexity index is 434. The highest BCUT2D eigenvalue weighted by Gasteiger charge is 2.35. The third kappa shape index (κ3) is 1.73. The van der Waals surface area contributed by atoms with E-state index >= 15 is 0 Å². The molecule has 2 heteroatoms. The van der Waals surface area contributed by atoms with Crippen LogP contribution in [-0.4, -0.2) is 5.91 Å². The van der Waals surface area contributed by atoms with E-state index < -0.39 is 0 Å². The Balaban J connectivity index is 2.52. The Morgan fingerprint density at radius 1 is 1.44 bits per heavy atom. The van der Waals surface area contributed by atoms with Gasteiger partial charge in [-0.25, -0.2) is 0 Å². The van der Waals surface area contributed by atoms with E-state index in [1.807, 2.05) is 12.1 Å². The zero-order chi connectivity index (χ0) is 11.9. The molecular weight excluding hydrogens is 198 g/mol. The molecule has 86 valence electrons. The first kappa shape index (κ1) is 11.2. The van der Waals surface area contributed by atoms with Crippen LogP contribution in [-0.2, 0) is 10.2 Å². The molecule has 16 heavy (non-hydrogen) atoms. The molecule has 2 rings (SSSR count). The fourth-order valence-corrected chi connectivity index (χ4v) is 2.96. The van der Waals surface area contributed by atoms with Crippen LogP contribution >= 0.6 is 0 Å². The van der Waals surface area contributed by atoms with Crippen molar-refractivity contribution in [3.8, 4) is 0 Å². The molecule has 1 amide bonds. The van der Waals surface area contributed by atoms with Gasteiger partial charge in [-0.2, -0.15) is 0 Å². The molecule has 0 saturated heterocycles. The summed E-state index contributed by atoms with van der Waals surface area (Å²) in [5.41, 5.74) is 3.92. The van der Waals surface area contributed by atoms with E-state index in [0.29, 0.717) is 5.92 Å². The van der Waals surface area contributed by atoms with Crippen molar-refractivity contribution in [3.05, 3.63) is 29.3 Å². The van der Waals surface area contributed by atoms with Crippen LogP contribution in [0, 0.1) is 0 Å². The molecule has 1 N–H and O–H groups in total. The zero-order valence-electron chi connectivity index (χ0n) is 10.4. The van der Waals surface area contributed by atoms with E-state index in [0.717, 1.165) is 12.1 Å². The number of hydrogen-bond donors (Lipinski definition) is 1. The monoisotopic (exact) mass is 217 g/mol. The van der Waals surface area contributed by atoms with E-state index in [-0.39, 0.29) is 11.3 Å². The summed E-state index contributed by atoms with van der Waals surface area (Å²) in [5.74, 6) is 0.526. The van der Waals surface area contributed by atoms with Crippen molar-refractivity contribution in [1.29, 1.82) is 0 Å². The van der Waals surface area contributed by atoms with Gasteiger partial charge in [0.1, 0.15) is 0 Å². The molecule has 0 aliphatic heterocycles. The number of fused-ring (bicyclic) bond motifs is 1. The first-order valence-corrected chi connectivity index (χ1v) is 5.83. The van der Waals surface area contributed by atoms with Gasteiger partial charge in [-0.05, 0) is 34.9 Å². The Labute approximate surface area is 97.1 Å². The van der Waals surface area contributed by atoms with Crippen molar-refractivity contribution in [1.82, 2.24) is 0 Å². The number of rotatable bonds is 1. The Morgan fingerprint density at radius 3 is 2.75 bits per heavy atom. The van der Waals surface area contributed by atoms with Gasteiger partial charge in [-0.1, -0.05) is 32.9 Å². The molecule has 0 fully saturated rings. The molecule has 0 spiro atoms. The maximum absolute atomic E-state index is 11.2. The molecule has 0 aromatic heterocycles. The van der Waals surface area contributed by atoms with Crippen LogP contribution in [0.4, 0.5) is 5.69 Å². The first-order chi connectivity index (χ1) is 7.42. The van der Waals surface area contributed by atoms with Crippen LogP contribution in [0.15, 0.2) is 18.2 Å². The Hall–Kier alpha value is -1.31. The highest BCUT2D eigenvalue weighted by Crippen LogP contribution is 2.48. The average Bonchev–Trinajstić information content (AvgIpc) is 2.37. The number of carbonyl (C=O) groups excluding carboxylic acids is 1. The molecule has 1 unspecified atom stereocenters. The molecule has 1 aromatic carbocycles. The van der Waals surface area contributed by atoms with Crippen LogP contribution in [0.3, 0.4) is 0 Å². The molecule has 1 aromatic rings. The summed E-state index contributed by atoms with van der Waals surface area (Å²) < 4.78 is 0. The van der Waals surface area contributed by atoms with Gasteiger partial charge in [0.05, 0.1) is 0 Å². The molecule has 2 nitrogen and oxygen atoms in total. The number of anilines is 1. The van der Waals surface area contributed by atoms with Gasteiger partial charge in [0.25, 0.3) is 0 Å². The number of nitrogens with one attached hydrogen (secondary N) is 1. The summed E-state index contributed by atoms with van der Waals surface area (Å²) in [5, 5.41) is 2.93. The van der Waals surface area contributed by atoms with Crippen molar-refractivity contribution in [2.24, 2.45) is 0 Å². The van der Waals surface area contributed by atoms with E-state index in [4.69, 9.17) is 0 Å². The minimum absolute atomic E-state index is 0.00491. The molecule has 0 heterocycles. The lowest BCUT2D eigenvalue weighted by molar-refractivity contribution is -0.114. The molecule has 0 saturated carbocycles. The SMILES string of the molecule is CC(=O)Nc1cccc2c1C(C)CC2(C)C. The van der Waals surface area contributed by atoms with Gasteiger partial charge in [-0.15, -0.1) is 0 Å². The van der Waals surface area contributed by atoms with Crippen molar-refractivity contribution < 1.29 is 4.79 Å². The lowest BCUT2D eigenvalue weighted by Crippen LogP contribution is -2.12. The van der Waals surface area contributed by atoms with Crippen LogP contribution in [0.5, 0.6) is 0 Å². The second kappa shape index (κ2) is 3.62. The van der Waals surface area contributed by atoms with Crippen LogP contribution < -0.4 is 5.32 Å². The van der Waals surface area contributed by atoms with Gasteiger partial charge < -0.3 is 5.32 Å². The summed E-state index contributed by atoms with van der Waals surface area (Å²) in [6, 6.07) is 6.21. The van der Waals surface area contributed by atoms with Crippen molar-refractivity contribution in [2.45, 2.75) is 45.4 Å². The summed E-state index contributed by atoms with van der Waals surface area (Å²) in [6.07, 6.45) is 1.15. The molecule has 0 radical (unpaired) electrons. The topological polar surface area (TPSA) is 29.1 Å². The second-order valence-electron chi connectivity index (χ2n) is 5.44. The summed E-state index contributed by atoms with van der Waals surface area (Å²) in [7, 11) is 0. The molecule has 0 bridgehead atoms. The second-order valence-corrected chi connectivity index (χ2v) is 5.44. The standard InChI is InChI=1S/C14H19NO/c1-9-8-14(3,4)11-6-5-7-12(13(9)11)15-10(2)16/h5-7,9H,8H2,1-4H3,(H,15,16). The largest absolute Gasteiger partial charge is 0.326 e. The highest BCUT2D eigenvalue weighted by atomic mass is 16.1. The Kier molecular flexibility index (Phi) is 2.53. The van der Waals surface area contributed by atoms with Crippen LogP contribution in [0.2, 0.25) is 0 Å². The van der Waals surface area contributed by atoms with E-state index in [1.165, 1.54) is 11.1 Å². The van der Waals surface area contributed by atoms with Crippen LogP contribution in [0.1, 0.15) is 51.2 Å². The lowest BCUT2D eigenvalue weighted by Gasteiger charge is -2.19. The summed E-state index contributed by atoms with van der Waals surface area (Å²) in [4.78, 5) is 11.2. The molecule has 1 atom stereocenters. The predicted molar refractivity (Wildman–Crippen MR) is 66.8 cm³/mol. The predicted octanol–water partition coefficient (Wildman–Crippen LogP) is 3.43. The normalized spacial score (nSPS) is 21.6. The van der Waals surface area contributed by atoms with E-state index in [2.05, 4.69) is 32.2 Å². The summed E-state index contributed by atoms with van der Waals surface area (Å²) >= 11 is 0. The molecular formula is C14H19NO. The van der Waals surface area contributed by atoms with Gasteiger partial charge in [0.15, 0.2) is 0 Å². The van der Waals surface area contributed by atoms with Crippen molar-refractivity contribution in [2.75, 3.05) is 5.32 Å². The fourth-order valence-electron chi connectivity index (χ4n) is 2.96. The third-order valence-corrected chi connectivity index (χ3v) is 3.46. The fraction of sp³-hybridized carbons (Fsp3) is 0.500. The maximum Gasteiger partial charge on any atom is 0.221 e. The number of hydrogen-bond acceptors (Lipinski definition) is 1. The quantitative estimate of drug-likeness (QED) is 0.767. The van der Waals surface area contributed by atoms with Crippen LogP contribution in [0.25, 0.3) is 0 Å². The summed E-state index contributed by atoms with van der Waals surface area (Å²) in [6.45, 7) is 8.34. The van der Waals surface area contributed by atoms with Gasteiger partial charge in [0, 0.05) is 12.6 Å². The van der Waals surface area contributed by atoms with Gasteiger partial charge in [-0.3, -0.25) is 4.79 Å². The number of amides is 1. The van der Waals surface area contributed by atoms with Gasteiger partial charge >= 0.3 is 0 Å². The third-order valence-electron chi connectivity index (χ3n) is 3.46. The van der Waals surface area contributed by atoms with Gasteiger partial charge in [0.2, 0.25) is 5.91 Å². The van der Waals surface area contributed by atoms with Crippen molar-refractivity contribution in [3.63, 3.8) is 0 Å². The lowest BCUT2D eigenvalue weighted by atomic mass is 9.86. The minimum Gasteiger partial charge on any atom is -0.326 e. The molecule has 1 aliphatic rings. The molecule has 1 aliphatic carbocycles. The highest BCUT2D eigenvalue weighted by molar-refractivity contribution is 5.90. The first-order valence-electron chi connectivity index (χ1n) is 5.83. The maximum atomic E-state index is 11.2. The number of carbonyl (C=O) groups is 1.